The van der Waals surface area contributed by atoms with Crippen LogP contribution in [-0.2, 0) is 33.9 Å². The second-order valence-corrected chi connectivity index (χ2v) is 9.79. The summed E-state index contributed by atoms with van der Waals surface area (Å²) in [6, 6.07) is 9.96. The Balaban J connectivity index is 1.91. The van der Waals surface area contributed by atoms with Crippen LogP contribution in [0.2, 0.25) is 10.0 Å². The largest absolute Gasteiger partial charge is 0.464 e. The van der Waals surface area contributed by atoms with E-state index in [1.165, 1.54) is 57.5 Å². The zero-order chi connectivity index (χ0) is 29.6. The van der Waals surface area contributed by atoms with E-state index in [-0.39, 0.29) is 39.9 Å². The quantitative estimate of drug-likeness (QED) is 0.242. The number of carbonyl (C=O) groups is 2. The van der Waals surface area contributed by atoms with Crippen molar-refractivity contribution < 1.29 is 32.2 Å². The van der Waals surface area contributed by atoms with Crippen LogP contribution >= 0.6 is 23.2 Å². The molecular weight excluding hydrogens is 572 g/mol. The molecule has 12 heteroatoms. The number of ether oxygens (including phenoxy) is 2. The molecule has 214 valence electrons. The van der Waals surface area contributed by atoms with Gasteiger partial charge in [0.15, 0.2) is 0 Å². The molecule has 7 nitrogen and oxygen atoms in total. The van der Waals surface area contributed by atoms with E-state index in [1.807, 2.05) is 0 Å². The number of pyridine rings is 1. The molecule has 1 atom stereocenters. The number of methoxy groups -OCH3 is 1. The van der Waals surface area contributed by atoms with Crippen LogP contribution in [0.4, 0.5) is 13.2 Å². The summed E-state index contributed by atoms with van der Waals surface area (Å²) in [5.41, 5.74) is -1.62. The molecule has 0 bridgehead atoms. The number of hydrogen-bond donors (Lipinski definition) is 1. The van der Waals surface area contributed by atoms with Crippen LogP contribution in [0, 0.1) is 6.92 Å². The number of aromatic nitrogens is 1. The predicted octanol–water partition coefficient (Wildman–Crippen LogP) is 5.61. The monoisotopic (exact) mass is 598 g/mol. The number of aryl methyl sites for hydroxylation is 1. The SMILES string of the molecule is COCCCOC(=O)[C@H](Cc1ccc(-c2c(C(F)(F)F)cc(C)n(C)c2=O)cc1)NC(=O)c1c(Cl)cccc1Cl. The number of nitrogens with one attached hydrogen (secondary N) is 1. The van der Waals surface area contributed by atoms with Gasteiger partial charge >= 0.3 is 12.1 Å². The second-order valence-electron chi connectivity index (χ2n) is 8.97. The number of alkyl halides is 3. The lowest BCUT2D eigenvalue weighted by Gasteiger charge is -2.19. The maximum Gasteiger partial charge on any atom is 0.417 e. The van der Waals surface area contributed by atoms with Gasteiger partial charge in [0.05, 0.1) is 33.3 Å². The maximum atomic E-state index is 13.8. The fourth-order valence-corrected chi connectivity index (χ4v) is 4.55. The molecule has 0 radical (unpaired) electrons. The van der Waals surface area contributed by atoms with Crippen molar-refractivity contribution in [3.63, 3.8) is 0 Å². The van der Waals surface area contributed by atoms with Crippen molar-refractivity contribution in [2.75, 3.05) is 20.3 Å². The smallest absolute Gasteiger partial charge is 0.417 e. The highest BCUT2D eigenvalue weighted by Crippen LogP contribution is 2.36. The molecule has 3 aromatic rings. The fourth-order valence-electron chi connectivity index (χ4n) is 3.98. The van der Waals surface area contributed by atoms with Crippen molar-refractivity contribution in [1.29, 1.82) is 0 Å². The molecule has 1 aromatic heterocycles. The van der Waals surface area contributed by atoms with Crippen LogP contribution < -0.4 is 10.9 Å². The number of esters is 1. The lowest BCUT2D eigenvalue weighted by molar-refractivity contribution is -0.146. The summed E-state index contributed by atoms with van der Waals surface area (Å²) in [5, 5.41) is 2.76. The Hall–Kier alpha value is -3.34. The van der Waals surface area contributed by atoms with Gasteiger partial charge in [-0.1, -0.05) is 53.5 Å². The van der Waals surface area contributed by atoms with Gasteiger partial charge in [-0.2, -0.15) is 13.2 Å². The number of amides is 1. The third-order valence-corrected chi connectivity index (χ3v) is 6.80. The lowest BCUT2D eigenvalue weighted by atomic mass is 9.97. The van der Waals surface area contributed by atoms with Gasteiger partial charge in [0.2, 0.25) is 0 Å². The topological polar surface area (TPSA) is 86.6 Å². The van der Waals surface area contributed by atoms with Crippen LogP contribution in [0.3, 0.4) is 0 Å². The maximum absolute atomic E-state index is 13.8. The first-order valence-electron chi connectivity index (χ1n) is 12.1. The van der Waals surface area contributed by atoms with Gasteiger partial charge in [-0.05, 0) is 36.2 Å². The highest BCUT2D eigenvalue weighted by molar-refractivity contribution is 6.39. The van der Waals surface area contributed by atoms with Gasteiger partial charge in [-0.25, -0.2) is 4.79 Å². The first-order chi connectivity index (χ1) is 18.8. The van der Waals surface area contributed by atoms with Crippen LogP contribution in [-0.4, -0.2) is 42.8 Å². The summed E-state index contributed by atoms with van der Waals surface area (Å²) in [5.74, 6) is -1.44. The Bertz CT molecular complexity index is 1420. The summed E-state index contributed by atoms with van der Waals surface area (Å²) in [7, 11) is 2.90. The van der Waals surface area contributed by atoms with E-state index in [9.17, 15) is 27.6 Å². The number of halogens is 5. The van der Waals surface area contributed by atoms with Gasteiger partial charge in [0, 0.05) is 39.3 Å². The molecule has 0 spiro atoms. The number of benzene rings is 2. The molecule has 0 fully saturated rings. The molecule has 0 aliphatic carbocycles. The summed E-state index contributed by atoms with van der Waals surface area (Å²) in [6.45, 7) is 1.82. The van der Waals surface area contributed by atoms with E-state index in [4.69, 9.17) is 32.7 Å². The molecule has 3 rings (SSSR count). The Morgan fingerprint density at radius 2 is 1.68 bits per heavy atom. The first-order valence-corrected chi connectivity index (χ1v) is 12.9. The molecule has 2 aromatic carbocycles. The minimum Gasteiger partial charge on any atom is -0.464 e. The van der Waals surface area contributed by atoms with E-state index in [2.05, 4.69) is 5.32 Å². The fraction of sp³-hybridized carbons (Fsp3) is 0.321. The van der Waals surface area contributed by atoms with Crippen molar-refractivity contribution in [1.82, 2.24) is 9.88 Å². The highest BCUT2D eigenvalue weighted by atomic mass is 35.5. The summed E-state index contributed by atoms with van der Waals surface area (Å²) < 4.78 is 52.7. The van der Waals surface area contributed by atoms with Crippen LogP contribution in [0.25, 0.3) is 11.1 Å². The minimum atomic E-state index is -4.74. The standard InChI is InChI=1S/C28H27Cl2F3N2O5/c1-16-14-19(28(31,32)33)23(26(37)35(16)2)18-10-8-17(9-11-18)15-22(27(38)40-13-5-12-39-3)34-25(36)24-20(29)6-4-7-21(24)30/h4,6-11,14,22H,5,12-13,15H2,1-3H3,(H,34,36)/t22-/m0/s1. The van der Waals surface area contributed by atoms with Crippen molar-refractivity contribution in [3.05, 3.63) is 91.3 Å². The number of hydrogen-bond acceptors (Lipinski definition) is 5. The third-order valence-electron chi connectivity index (χ3n) is 6.17. The molecule has 1 N–H and O–H groups in total. The molecule has 0 saturated heterocycles. The molecule has 0 aliphatic heterocycles. The van der Waals surface area contributed by atoms with Crippen molar-refractivity contribution >= 4 is 35.1 Å². The van der Waals surface area contributed by atoms with Crippen molar-refractivity contribution in [2.45, 2.75) is 32.0 Å². The number of rotatable bonds is 10. The van der Waals surface area contributed by atoms with Gasteiger partial charge in [0.25, 0.3) is 11.5 Å². The summed E-state index contributed by atoms with van der Waals surface area (Å²) >= 11 is 12.3. The van der Waals surface area contributed by atoms with Crippen LogP contribution in [0.5, 0.6) is 0 Å². The van der Waals surface area contributed by atoms with E-state index in [0.29, 0.717) is 18.6 Å². The average molecular weight is 599 g/mol. The number of nitrogens with zero attached hydrogens (tertiary/aromatic N) is 1. The van der Waals surface area contributed by atoms with E-state index >= 15 is 0 Å². The van der Waals surface area contributed by atoms with Gasteiger partial charge in [-0.3, -0.25) is 9.59 Å². The van der Waals surface area contributed by atoms with Crippen molar-refractivity contribution in [2.24, 2.45) is 7.05 Å². The highest BCUT2D eigenvalue weighted by Gasteiger charge is 2.36. The molecule has 1 heterocycles. The molecule has 0 saturated carbocycles. The third kappa shape index (κ3) is 7.44. The minimum absolute atomic E-state index is 0.0201. The van der Waals surface area contributed by atoms with E-state index in [1.54, 1.807) is 6.07 Å². The van der Waals surface area contributed by atoms with Gasteiger partial charge < -0.3 is 19.4 Å². The lowest BCUT2D eigenvalue weighted by Crippen LogP contribution is -2.43. The zero-order valence-electron chi connectivity index (χ0n) is 21.9. The van der Waals surface area contributed by atoms with Crippen LogP contribution in [0.15, 0.2) is 53.3 Å². The summed E-state index contributed by atoms with van der Waals surface area (Å²) in [4.78, 5) is 38.7. The Morgan fingerprint density at radius 1 is 1.05 bits per heavy atom. The Labute approximate surface area is 238 Å². The van der Waals surface area contributed by atoms with E-state index in [0.717, 1.165) is 10.6 Å². The Kier molecular flexibility index (Phi) is 10.4. The van der Waals surface area contributed by atoms with Crippen LogP contribution in [0.1, 0.15) is 33.6 Å². The molecule has 1 amide bonds. The average Bonchev–Trinajstić information content (AvgIpc) is 2.89. The van der Waals surface area contributed by atoms with Gasteiger partial charge in [-0.15, -0.1) is 0 Å². The van der Waals surface area contributed by atoms with E-state index < -0.39 is 40.8 Å². The molecular formula is C28H27Cl2F3N2O5. The Morgan fingerprint density at radius 3 is 2.25 bits per heavy atom. The molecule has 0 unspecified atom stereocenters. The molecule has 0 aliphatic rings. The van der Waals surface area contributed by atoms with Crippen molar-refractivity contribution in [3.8, 4) is 11.1 Å². The second kappa shape index (κ2) is 13.3. The first kappa shape index (κ1) is 31.2. The zero-order valence-corrected chi connectivity index (χ0v) is 23.4. The van der Waals surface area contributed by atoms with Gasteiger partial charge in [0.1, 0.15) is 6.04 Å². The predicted molar refractivity (Wildman–Crippen MR) is 146 cm³/mol. The normalized spacial score (nSPS) is 12.2. The number of carbonyl (C=O) groups excluding carboxylic acids is 2. The molecule has 40 heavy (non-hydrogen) atoms. The summed E-state index contributed by atoms with van der Waals surface area (Å²) in [6.07, 6.45) is -4.37.